The molecule has 0 aromatic carbocycles. The summed E-state index contributed by atoms with van der Waals surface area (Å²) in [6.45, 7) is 2.18. The molecule has 1 fully saturated rings. The third kappa shape index (κ3) is 3.10. The van der Waals surface area contributed by atoms with Crippen molar-refractivity contribution in [3.05, 3.63) is 31.0 Å². The van der Waals surface area contributed by atoms with Crippen molar-refractivity contribution in [2.45, 2.75) is 18.2 Å². The molecule has 0 amide bonds. The van der Waals surface area contributed by atoms with Gasteiger partial charge in [0.2, 0.25) is 0 Å². The molecular formula is C18H22N8S. The van der Waals surface area contributed by atoms with Gasteiger partial charge in [0.15, 0.2) is 11.5 Å². The summed E-state index contributed by atoms with van der Waals surface area (Å²) in [5.41, 5.74) is 2.86. The van der Waals surface area contributed by atoms with Crippen LogP contribution in [0.1, 0.15) is 12.8 Å². The topological polar surface area (TPSA) is 84.4 Å². The number of fused-ring (bicyclic) bond motifs is 1. The lowest BCUT2D eigenvalue weighted by atomic mass is 9.86. The Morgan fingerprint density at radius 1 is 1.30 bits per heavy atom. The fourth-order valence-corrected chi connectivity index (χ4v) is 4.88. The lowest BCUT2D eigenvalue weighted by Crippen LogP contribution is -2.39. The summed E-state index contributed by atoms with van der Waals surface area (Å²) in [5.74, 6) is 1.81. The van der Waals surface area contributed by atoms with Crippen molar-refractivity contribution in [3.8, 4) is 11.3 Å². The SMILES string of the molecule is Cn1cc(-c2cnc3c(NC4SN=CC4C4CCCNC4)nccn23)cn1. The predicted octanol–water partition coefficient (Wildman–Crippen LogP) is 2.22. The number of nitrogens with one attached hydrogen (secondary N) is 2. The first kappa shape index (κ1) is 16.8. The Morgan fingerprint density at radius 2 is 2.26 bits per heavy atom. The maximum absolute atomic E-state index is 4.62. The summed E-state index contributed by atoms with van der Waals surface area (Å²) < 4.78 is 8.34. The number of hydrogen-bond acceptors (Lipinski definition) is 7. The molecule has 0 bridgehead atoms. The largest absolute Gasteiger partial charge is 0.353 e. The third-order valence-corrected chi connectivity index (χ3v) is 6.25. The van der Waals surface area contributed by atoms with E-state index >= 15 is 0 Å². The zero-order chi connectivity index (χ0) is 18.2. The van der Waals surface area contributed by atoms with Crippen LogP contribution in [0.4, 0.5) is 5.82 Å². The van der Waals surface area contributed by atoms with Gasteiger partial charge in [0.25, 0.3) is 0 Å². The van der Waals surface area contributed by atoms with Crippen molar-refractivity contribution in [2.75, 3.05) is 18.4 Å². The number of piperidine rings is 1. The number of aromatic nitrogens is 5. The summed E-state index contributed by atoms with van der Waals surface area (Å²) in [6, 6.07) is 0. The molecule has 2 aliphatic rings. The highest BCUT2D eigenvalue weighted by molar-refractivity contribution is 7.99. The molecule has 5 rings (SSSR count). The van der Waals surface area contributed by atoms with Crippen molar-refractivity contribution in [1.29, 1.82) is 0 Å². The van der Waals surface area contributed by atoms with Crippen LogP contribution in [0.2, 0.25) is 0 Å². The number of rotatable bonds is 4. The van der Waals surface area contributed by atoms with Crippen LogP contribution in [0.5, 0.6) is 0 Å². The number of imidazole rings is 1. The Labute approximate surface area is 161 Å². The van der Waals surface area contributed by atoms with Gasteiger partial charge in [-0.2, -0.15) is 5.10 Å². The summed E-state index contributed by atoms with van der Waals surface area (Å²) >= 11 is 1.59. The molecule has 3 aromatic rings. The molecule has 27 heavy (non-hydrogen) atoms. The lowest BCUT2D eigenvalue weighted by Gasteiger charge is -2.30. The van der Waals surface area contributed by atoms with Crippen molar-refractivity contribution < 1.29 is 0 Å². The maximum atomic E-state index is 4.62. The van der Waals surface area contributed by atoms with E-state index in [4.69, 9.17) is 0 Å². The monoisotopic (exact) mass is 382 g/mol. The van der Waals surface area contributed by atoms with Gasteiger partial charge in [0.1, 0.15) is 5.37 Å². The fourth-order valence-electron chi connectivity index (χ4n) is 3.94. The number of nitrogens with zero attached hydrogens (tertiary/aromatic N) is 6. The van der Waals surface area contributed by atoms with Gasteiger partial charge in [-0.05, 0) is 43.8 Å². The first-order chi connectivity index (χ1) is 13.3. The zero-order valence-electron chi connectivity index (χ0n) is 15.1. The van der Waals surface area contributed by atoms with E-state index in [1.54, 1.807) is 16.6 Å². The Hall–Kier alpha value is -2.39. The molecule has 3 aromatic heterocycles. The summed E-state index contributed by atoms with van der Waals surface area (Å²) in [7, 11) is 1.92. The third-order valence-electron chi connectivity index (χ3n) is 5.34. The highest BCUT2D eigenvalue weighted by Gasteiger charge is 2.34. The van der Waals surface area contributed by atoms with E-state index in [0.717, 1.165) is 35.8 Å². The van der Waals surface area contributed by atoms with E-state index in [1.807, 2.05) is 38.0 Å². The average Bonchev–Trinajstić information content (AvgIpc) is 3.42. The van der Waals surface area contributed by atoms with E-state index in [9.17, 15) is 0 Å². The molecule has 3 atom stereocenters. The normalized spacial score (nSPS) is 25.3. The Kier molecular flexibility index (Phi) is 4.33. The van der Waals surface area contributed by atoms with Gasteiger partial charge < -0.3 is 10.6 Å². The average molecular weight is 382 g/mol. The smallest absolute Gasteiger partial charge is 0.180 e. The van der Waals surface area contributed by atoms with E-state index in [-0.39, 0.29) is 5.37 Å². The van der Waals surface area contributed by atoms with Crippen LogP contribution < -0.4 is 10.6 Å². The molecule has 2 aliphatic heterocycles. The summed E-state index contributed by atoms with van der Waals surface area (Å²) in [4.78, 5) is 9.18. The summed E-state index contributed by atoms with van der Waals surface area (Å²) in [5, 5.41) is 11.6. The minimum absolute atomic E-state index is 0.187. The molecule has 0 spiro atoms. The molecule has 8 nitrogen and oxygen atoms in total. The molecular weight excluding hydrogens is 360 g/mol. The van der Waals surface area contributed by atoms with Gasteiger partial charge >= 0.3 is 0 Å². The standard InChI is InChI=1S/C18H22N8S/c1-25-11-13(8-22-25)15-10-21-17-16(20-5-6-26(15)17)24-18-14(9-23-27-18)12-3-2-4-19-7-12/h5-6,8-12,14,18-19H,2-4,7H2,1H3,(H,20,24). The van der Waals surface area contributed by atoms with Crippen molar-refractivity contribution in [2.24, 2.45) is 23.3 Å². The minimum atomic E-state index is 0.187. The van der Waals surface area contributed by atoms with E-state index in [1.165, 1.54) is 12.8 Å². The molecule has 5 heterocycles. The Balaban J connectivity index is 1.43. The molecule has 9 heteroatoms. The molecule has 0 radical (unpaired) electrons. The van der Waals surface area contributed by atoms with E-state index in [2.05, 4.69) is 40.7 Å². The quantitative estimate of drug-likeness (QED) is 0.673. The molecule has 0 aliphatic carbocycles. The predicted molar refractivity (Wildman–Crippen MR) is 108 cm³/mol. The lowest BCUT2D eigenvalue weighted by molar-refractivity contribution is 0.323. The van der Waals surface area contributed by atoms with Gasteiger partial charge in [-0.1, -0.05) is 0 Å². The highest BCUT2D eigenvalue weighted by Crippen LogP contribution is 2.35. The van der Waals surface area contributed by atoms with Crippen molar-refractivity contribution in [3.63, 3.8) is 0 Å². The van der Waals surface area contributed by atoms with Crippen LogP contribution in [0.25, 0.3) is 16.9 Å². The van der Waals surface area contributed by atoms with Crippen molar-refractivity contribution >= 4 is 29.6 Å². The number of aryl methyl sites for hydroxylation is 1. The molecule has 1 saturated heterocycles. The van der Waals surface area contributed by atoms with Crippen LogP contribution in [0.3, 0.4) is 0 Å². The van der Waals surface area contributed by atoms with Gasteiger partial charge in [0, 0.05) is 43.3 Å². The summed E-state index contributed by atoms with van der Waals surface area (Å²) in [6.07, 6.45) is 14.1. The molecule has 0 saturated carbocycles. The number of anilines is 1. The van der Waals surface area contributed by atoms with Crippen LogP contribution in [0.15, 0.2) is 35.4 Å². The highest BCUT2D eigenvalue weighted by atomic mass is 32.2. The number of hydrogen-bond donors (Lipinski definition) is 2. The van der Waals surface area contributed by atoms with Crippen LogP contribution >= 0.6 is 11.9 Å². The van der Waals surface area contributed by atoms with Gasteiger partial charge in [-0.15, -0.1) is 0 Å². The first-order valence-electron chi connectivity index (χ1n) is 9.27. The second-order valence-corrected chi connectivity index (χ2v) is 8.05. The zero-order valence-corrected chi connectivity index (χ0v) is 15.9. The minimum Gasteiger partial charge on any atom is -0.353 e. The molecule has 2 N–H and O–H groups in total. The van der Waals surface area contributed by atoms with Gasteiger partial charge in [-0.25, -0.2) is 14.4 Å². The molecule has 3 unspecified atom stereocenters. The van der Waals surface area contributed by atoms with Crippen molar-refractivity contribution in [1.82, 2.24) is 29.5 Å². The van der Waals surface area contributed by atoms with E-state index < -0.39 is 0 Å². The maximum Gasteiger partial charge on any atom is 0.180 e. The second kappa shape index (κ2) is 6.97. The Morgan fingerprint density at radius 3 is 3.07 bits per heavy atom. The fraction of sp³-hybridized carbons (Fsp3) is 0.444. The van der Waals surface area contributed by atoms with E-state index in [0.29, 0.717) is 11.8 Å². The van der Waals surface area contributed by atoms with Gasteiger partial charge in [-0.3, -0.25) is 9.08 Å². The second-order valence-electron chi connectivity index (χ2n) is 7.12. The molecule has 140 valence electrons. The van der Waals surface area contributed by atoms with Crippen LogP contribution in [-0.4, -0.2) is 48.8 Å². The van der Waals surface area contributed by atoms with Gasteiger partial charge in [0.05, 0.1) is 18.1 Å². The van der Waals surface area contributed by atoms with Crippen LogP contribution in [0, 0.1) is 11.8 Å². The first-order valence-corrected chi connectivity index (χ1v) is 10.1. The Bertz CT molecular complexity index is 971. The van der Waals surface area contributed by atoms with Crippen LogP contribution in [-0.2, 0) is 7.05 Å².